The van der Waals surface area contributed by atoms with Crippen LogP contribution in [0.3, 0.4) is 0 Å². The summed E-state index contributed by atoms with van der Waals surface area (Å²) in [5.74, 6) is 0.691. The van der Waals surface area contributed by atoms with Gasteiger partial charge in [0.15, 0.2) is 0 Å². The lowest BCUT2D eigenvalue weighted by atomic mass is 10.2. The van der Waals surface area contributed by atoms with E-state index in [1.807, 2.05) is 0 Å². The highest BCUT2D eigenvalue weighted by Crippen LogP contribution is 2.25. The standard InChI is InChI=1S/C16H25IN2O3S/c1-18(11-12-19-9-5-3-4-6-10-19)23(20,21)14-7-8-16(22-2)15(17)13-14/h7-8,13H,3-6,9-12H2,1-2H3. The molecule has 0 bridgehead atoms. The number of likely N-dealkylation sites (tertiary alicyclic amines) is 1. The number of halogens is 1. The van der Waals surface area contributed by atoms with E-state index in [2.05, 4.69) is 27.5 Å². The van der Waals surface area contributed by atoms with Crippen LogP contribution in [0.2, 0.25) is 0 Å². The maximum Gasteiger partial charge on any atom is 0.242 e. The Morgan fingerprint density at radius 3 is 2.43 bits per heavy atom. The highest BCUT2D eigenvalue weighted by molar-refractivity contribution is 14.1. The second-order valence-electron chi connectivity index (χ2n) is 5.88. The van der Waals surface area contributed by atoms with E-state index < -0.39 is 10.0 Å². The quantitative estimate of drug-likeness (QED) is 0.623. The molecule has 1 aromatic carbocycles. The van der Waals surface area contributed by atoms with Gasteiger partial charge in [-0.3, -0.25) is 0 Å². The summed E-state index contributed by atoms with van der Waals surface area (Å²) in [7, 11) is -0.211. The van der Waals surface area contributed by atoms with E-state index >= 15 is 0 Å². The lowest BCUT2D eigenvalue weighted by molar-refractivity contribution is 0.267. The molecule has 0 atom stereocenters. The summed E-state index contributed by atoms with van der Waals surface area (Å²) in [4.78, 5) is 2.69. The topological polar surface area (TPSA) is 49.9 Å². The number of likely N-dealkylation sites (N-methyl/N-ethyl adjacent to an activating group) is 1. The minimum absolute atomic E-state index is 0.320. The molecule has 2 rings (SSSR count). The van der Waals surface area contributed by atoms with Crippen molar-refractivity contribution in [3.63, 3.8) is 0 Å². The van der Waals surface area contributed by atoms with E-state index in [1.165, 1.54) is 30.0 Å². The van der Waals surface area contributed by atoms with Crippen LogP contribution in [0.5, 0.6) is 5.75 Å². The van der Waals surface area contributed by atoms with Gasteiger partial charge < -0.3 is 9.64 Å². The van der Waals surface area contributed by atoms with Crippen LogP contribution in [-0.4, -0.2) is 58.0 Å². The van der Waals surface area contributed by atoms with Crippen LogP contribution in [0.1, 0.15) is 25.7 Å². The molecule has 1 fully saturated rings. The third-order valence-corrected chi connectivity index (χ3v) is 6.96. The fraction of sp³-hybridized carbons (Fsp3) is 0.625. The van der Waals surface area contributed by atoms with Gasteiger partial charge in [0.25, 0.3) is 0 Å². The molecular weight excluding hydrogens is 427 g/mol. The molecule has 0 aromatic heterocycles. The fourth-order valence-electron chi connectivity index (χ4n) is 2.75. The molecule has 1 heterocycles. The van der Waals surface area contributed by atoms with Gasteiger partial charge in [0, 0.05) is 20.1 Å². The normalized spacial score (nSPS) is 17.2. The van der Waals surface area contributed by atoms with Crippen molar-refractivity contribution in [1.29, 1.82) is 0 Å². The van der Waals surface area contributed by atoms with Gasteiger partial charge in [0.1, 0.15) is 5.75 Å². The second-order valence-corrected chi connectivity index (χ2v) is 9.09. The molecule has 0 saturated carbocycles. The lowest BCUT2D eigenvalue weighted by Crippen LogP contribution is -2.36. The largest absolute Gasteiger partial charge is 0.496 e. The van der Waals surface area contributed by atoms with Crippen molar-refractivity contribution in [2.24, 2.45) is 0 Å². The van der Waals surface area contributed by atoms with E-state index in [0.29, 0.717) is 17.2 Å². The molecule has 0 unspecified atom stereocenters. The van der Waals surface area contributed by atoms with Gasteiger partial charge in [0.05, 0.1) is 15.6 Å². The first kappa shape index (κ1) is 19.0. The Labute approximate surface area is 153 Å². The SMILES string of the molecule is COc1ccc(S(=O)(=O)N(C)CCN2CCCCCC2)cc1I. The highest BCUT2D eigenvalue weighted by Gasteiger charge is 2.22. The Hall–Kier alpha value is -0.380. The van der Waals surface area contributed by atoms with Crippen LogP contribution >= 0.6 is 22.6 Å². The van der Waals surface area contributed by atoms with Crippen LogP contribution < -0.4 is 4.74 Å². The number of ether oxygens (including phenoxy) is 1. The molecule has 1 aliphatic rings. The summed E-state index contributed by atoms with van der Waals surface area (Å²) >= 11 is 2.09. The summed E-state index contributed by atoms with van der Waals surface area (Å²) in [5.41, 5.74) is 0. The first-order chi connectivity index (χ1) is 10.9. The summed E-state index contributed by atoms with van der Waals surface area (Å²) in [6, 6.07) is 4.98. The van der Waals surface area contributed by atoms with Gasteiger partial charge in [-0.15, -0.1) is 0 Å². The first-order valence-corrected chi connectivity index (χ1v) is 10.5. The van der Waals surface area contributed by atoms with E-state index in [-0.39, 0.29) is 0 Å². The van der Waals surface area contributed by atoms with Gasteiger partial charge in [-0.1, -0.05) is 12.8 Å². The molecule has 0 spiro atoms. The Balaban J connectivity index is 2.01. The van der Waals surface area contributed by atoms with Crippen molar-refractivity contribution >= 4 is 32.6 Å². The molecule has 7 heteroatoms. The zero-order chi connectivity index (χ0) is 16.9. The molecule has 0 radical (unpaired) electrons. The Morgan fingerprint density at radius 1 is 1.22 bits per heavy atom. The van der Waals surface area contributed by atoms with E-state index in [4.69, 9.17) is 4.74 Å². The van der Waals surface area contributed by atoms with Crippen LogP contribution in [-0.2, 0) is 10.0 Å². The third kappa shape index (κ3) is 5.04. The maximum atomic E-state index is 12.7. The predicted molar refractivity (Wildman–Crippen MR) is 100 cm³/mol. The summed E-state index contributed by atoms with van der Waals surface area (Å²) in [6.07, 6.45) is 5.00. The predicted octanol–water partition coefficient (Wildman–Crippen LogP) is 2.80. The second kappa shape index (κ2) is 8.64. The number of methoxy groups -OCH3 is 1. The lowest BCUT2D eigenvalue weighted by Gasteiger charge is -2.24. The Kier molecular flexibility index (Phi) is 7.12. The molecule has 1 aliphatic heterocycles. The van der Waals surface area contributed by atoms with Gasteiger partial charge in [-0.2, -0.15) is 4.31 Å². The molecule has 130 valence electrons. The molecule has 0 N–H and O–H groups in total. The van der Waals surface area contributed by atoms with Crippen molar-refractivity contribution in [2.45, 2.75) is 30.6 Å². The van der Waals surface area contributed by atoms with Gasteiger partial charge in [0.2, 0.25) is 10.0 Å². The molecule has 1 aromatic rings. The highest BCUT2D eigenvalue weighted by atomic mass is 127. The van der Waals surface area contributed by atoms with Crippen molar-refractivity contribution in [3.8, 4) is 5.75 Å². The number of sulfonamides is 1. The Morgan fingerprint density at radius 2 is 1.87 bits per heavy atom. The summed E-state index contributed by atoms with van der Waals surface area (Å²) in [6.45, 7) is 3.47. The third-order valence-electron chi connectivity index (χ3n) is 4.26. The van der Waals surface area contributed by atoms with Crippen LogP contribution in [0.25, 0.3) is 0 Å². The summed E-state index contributed by atoms with van der Waals surface area (Å²) < 4.78 is 32.8. The van der Waals surface area contributed by atoms with Crippen molar-refractivity contribution in [1.82, 2.24) is 9.21 Å². The monoisotopic (exact) mass is 452 g/mol. The number of benzene rings is 1. The average molecular weight is 452 g/mol. The van der Waals surface area contributed by atoms with E-state index in [0.717, 1.165) is 23.2 Å². The van der Waals surface area contributed by atoms with Crippen LogP contribution in [0.15, 0.2) is 23.1 Å². The van der Waals surface area contributed by atoms with Gasteiger partial charge in [-0.05, 0) is 66.7 Å². The minimum atomic E-state index is -3.45. The smallest absolute Gasteiger partial charge is 0.242 e. The van der Waals surface area contributed by atoms with Gasteiger partial charge >= 0.3 is 0 Å². The zero-order valence-electron chi connectivity index (χ0n) is 13.8. The zero-order valence-corrected chi connectivity index (χ0v) is 16.8. The van der Waals surface area contributed by atoms with E-state index in [1.54, 1.807) is 32.4 Å². The molecule has 23 heavy (non-hydrogen) atoms. The maximum absolute atomic E-state index is 12.7. The molecule has 5 nitrogen and oxygen atoms in total. The number of hydrogen-bond donors (Lipinski definition) is 0. The number of nitrogens with zero attached hydrogens (tertiary/aromatic N) is 2. The Bertz CT molecular complexity index is 614. The van der Waals surface area contributed by atoms with E-state index in [9.17, 15) is 8.42 Å². The van der Waals surface area contributed by atoms with Crippen LogP contribution in [0, 0.1) is 3.57 Å². The van der Waals surface area contributed by atoms with Crippen molar-refractivity contribution < 1.29 is 13.2 Å². The first-order valence-electron chi connectivity index (χ1n) is 7.97. The average Bonchev–Trinajstić information content (AvgIpc) is 2.81. The summed E-state index contributed by atoms with van der Waals surface area (Å²) in [5, 5.41) is 0. The number of rotatable bonds is 6. The fourth-order valence-corrected chi connectivity index (χ4v) is 4.89. The van der Waals surface area contributed by atoms with Crippen LogP contribution in [0.4, 0.5) is 0 Å². The van der Waals surface area contributed by atoms with Crippen molar-refractivity contribution in [2.75, 3.05) is 40.3 Å². The molecular formula is C16H25IN2O3S. The van der Waals surface area contributed by atoms with Crippen molar-refractivity contribution in [3.05, 3.63) is 21.8 Å². The number of hydrogen-bond acceptors (Lipinski definition) is 4. The van der Waals surface area contributed by atoms with Gasteiger partial charge in [-0.25, -0.2) is 8.42 Å². The molecule has 0 amide bonds. The molecule has 0 aliphatic carbocycles. The minimum Gasteiger partial charge on any atom is -0.496 e. The molecule has 1 saturated heterocycles.